The lowest BCUT2D eigenvalue weighted by Crippen LogP contribution is -2.40. The first-order valence-electron chi connectivity index (χ1n) is 7.54. The highest BCUT2D eigenvalue weighted by Crippen LogP contribution is 2.34. The molecule has 0 unspecified atom stereocenters. The number of rotatable bonds is 6. The quantitative estimate of drug-likeness (QED) is 0.840. The second kappa shape index (κ2) is 7.83. The molecule has 1 amide bonds. The van der Waals surface area contributed by atoms with Gasteiger partial charge in [0, 0.05) is 17.1 Å². The minimum Gasteiger partial charge on any atom is -0.493 e. The number of benzene rings is 1. The Bertz CT molecular complexity index is 536. The van der Waals surface area contributed by atoms with E-state index in [4.69, 9.17) is 9.47 Å². The third kappa shape index (κ3) is 3.73. The zero-order chi connectivity index (χ0) is 16.1. The van der Waals surface area contributed by atoms with Crippen molar-refractivity contribution >= 4 is 21.8 Å². The zero-order valence-corrected chi connectivity index (χ0v) is 14.9. The molecule has 2 rings (SSSR count). The molecule has 5 nitrogen and oxygen atoms in total. The molecular formula is C16H23BrN2O3. The molecule has 0 spiro atoms. The summed E-state index contributed by atoms with van der Waals surface area (Å²) in [5.41, 5.74) is 0.481. The Hall–Kier alpha value is -1.27. The number of likely N-dealkylation sites (N-methyl/N-ethyl adjacent to an activating group) is 1. The van der Waals surface area contributed by atoms with E-state index in [1.54, 1.807) is 26.4 Å². The van der Waals surface area contributed by atoms with Crippen LogP contribution in [0.2, 0.25) is 0 Å². The van der Waals surface area contributed by atoms with Gasteiger partial charge in [-0.2, -0.15) is 0 Å². The summed E-state index contributed by atoms with van der Waals surface area (Å²) in [5, 5.41) is 3.02. The second-order valence-corrected chi connectivity index (χ2v) is 6.24. The largest absolute Gasteiger partial charge is 0.493 e. The molecule has 0 radical (unpaired) electrons. The topological polar surface area (TPSA) is 50.8 Å². The standard InChI is InChI=1S/C16H23BrN2O3/c1-4-19-7-5-6-12(19)10-18-16(20)13-8-11(17)9-14(21-2)15(13)22-3/h8-9,12H,4-7,10H2,1-3H3,(H,18,20)/t12-/m0/s1/i17-4. The third-order valence-corrected chi connectivity index (χ3v) is 4.55. The van der Waals surface area contributed by atoms with Gasteiger partial charge in [-0.25, -0.2) is 0 Å². The minimum atomic E-state index is -0.139. The maximum absolute atomic E-state index is 12.5. The molecule has 1 N–H and O–H groups in total. The van der Waals surface area contributed by atoms with E-state index >= 15 is 0 Å². The van der Waals surface area contributed by atoms with Crippen molar-refractivity contribution in [3.8, 4) is 11.5 Å². The van der Waals surface area contributed by atoms with Gasteiger partial charge in [0.25, 0.3) is 5.91 Å². The number of nitrogens with one attached hydrogen (secondary N) is 1. The first kappa shape index (κ1) is 17.1. The molecule has 0 aromatic heterocycles. The number of hydrogen-bond donors (Lipinski definition) is 1. The maximum Gasteiger partial charge on any atom is 0.255 e. The molecule has 1 fully saturated rings. The lowest BCUT2D eigenvalue weighted by atomic mass is 10.1. The Morgan fingerprint density at radius 3 is 2.82 bits per heavy atom. The maximum atomic E-state index is 12.5. The smallest absolute Gasteiger partial charge is 0.255 e. The number of carbonyl (C=O) groups is 1. The molecule has 1 saturated heterocycles. The molecule has 1 aliphatic rings. The van der Waals surface area contributed by atoms with Gasteiger partial charge >= 0.3 is 0 Å². The van der Waals surface area contributed by atoms with Crippen LogP contribution in [-0.4, -0.2) is 50.7 Å². The molecular weight excluding hydrogens is 344 g/mol. The molecule has 122 valence electrons. The van der Waals surface area contributed by atoms with Crippen molar-refractivity contribution in [2.45, 2.75) is 25.8 Å². The first-order chi connectivity index (χ1) is 10.6. The highest BCUT2D eigenvalue weighted by molar-refractivity contribution is 9.10. The summed E-state index contributed by atoms with van der Waals surface area (Å²) < 4.78 is 11.4. The fourth-order valence-corrected chi connectivity index (χ4v) is 3.38. The average molecular weight is 367 g/mol. The van der Waals surface area contributed by atoms with E-state index < -0.39 is 0 Å². The third-order valence-electron chi connectivity index (χ3n) is 4.09. The van der Waals surface area contributed by atoms with E-state index in [2.05, 4.69) is 33.1 Å². The van der Waals surface area contributed by atoms with Gasteiger partial charge in [0.15, 0.2) is 11.5 Å². The highest BCUT2D eigenvalue weighted by atomic mass is 75.9. The van der Waals surface area contributed by atoms with Crippen molar-refractivity contribution in [2.75, 3.05) is 33.9 Å². The van der Waals surface area contributed by atoms with Gasteiger partial charge in [0.1, 0.15) is 0 Å². The van der Waals surface area contributed by atoms with Crippen molar-refractivity contribution in [2.24, 2.45) is 0 Å². The Balaban J connectivity index is 2.10. The van der Waals surface area contributed by atoms with Crippen LogP contribution in [0, 0.1) is 0 Å². The lowest BCUT2D eigenvalue weighted by molar-refractivity contribution is 0.0937. The van der Waals surface area contributed by atoms with Gasteiger partial charge in [0.2, 0.25) is 0 Å². The van der Waals surface area contributed by atoms with Gasteiger partial charge in [-0.05, 0) is 38.1 Å². The summed E-state index contributed by atoms with van der Waals surface area (Å²) in [5.74, 6) is 0.861. The molecule has 0 bridgehead atoms. The fourth-order valence-electron chi connectivity index (χ4n) is 2.95. The van der Waals surface area contributed by atoms with Crippen LogP contribution in [0.5, 0.6) is 11.5 Å². The van der Waals surface area contributed by atoms with Gasteiger partial charge < -0.3 is 14.8 Å². The number of amides is 1. The second-order valence-electron chi connectivity index (χ2n) is 5.32. The molecule has 1 heterocycles. The van der Waals surface area contributed by atoms with Crippen LogP contribution in [0.25, 0.3) is 0 Å². The monoisotopic (exact) mass is 367 g/mol. The van der Waals surface area contributed by atoms with Gasteiger partial charge in [0.05, 0.1) is 19.8 Å². The summed E-state index contributed by atoms with van der Waals surface area (Å²) in [6.07, 6.45) is 2.33. The summed E-state index contributed by atoms with van der Waals surface area (Å²) in [4.78, 5) is 14.9. The normalized spacial score (nSPS) is 18.3. The lowest BCUT2D eigenvalue weighted by Gasteiger charge is -2.23. The Morgan fingerprint density at radius 2 is 2.18 bits per heavy atom. The van der Waals surface area contributed by atoms with Gasteiger partial charge in [-0.15, -0.1) is 0 Å². The number of halogens is 1. The van der Waals surface area contributed by atoms with E-state index in [1.165, 1.54) is 6.42 Å². The van der Waals surface area contributed by atoms with Crippen LogP contribution >= 0.6 is 15.9 Å². The number of likely N-dealkylation sites (tertiary alicyclic amines) is 1. The summed E-state index contributed by atoms with van der Waals surface area (Å²) in [6.45, 7) is 4.95. The van der Waals surface area contributed by atoms with Crippen LogP contribution in [0.15, 0.2) is 16.6 Å². The van der Waals surface area contributed by atoms with Crippen LogP contribution in [-0.2, 0) is 0 Å². The molecule has 22 heavy (non-hydrogen) atoms. The van der Waals surface area contributed by atoms with E-state index in [1.807, 2.05) is 0 Å². The van der Waals surface area contributed by atoms with Crippen LogP contribution < -0.4 is 14.8 Å². The Kier molecular flexibility index (Phi) is 6.08. The molecule has 0 aliphatic carbocycles. The summed E-state index contributed by atoms with van der Waals surface area (Å²) >= 11 is 3.40. The summed E-state index contributed by atoms with van der Waals surface area (Å²) in [7, 11) is 3.10. The van der Waals surface area contributed by atoms with Gasteiger partial charge in [-0.3, -0.25) is 9.69 Å². The number of ether oxygens (including phenoxy) is 2. The highest BCUT2D eigenvalue weighted by Gasteiger charge is 2.24. The van der Waals surface area contributed by atoms with Crippen LogP contribution in [0.4, 0.5) is 0 Å². The number of nitrogens with zero attached hydrogens (tertiary/aromatic N) is 1. The average Bonchev–Trinajstić information content (AvgIpc) is 2.99. The first-order valence-corrected chi connectivity index (χ1v) is 8.33. The van der Waals surface area contributed by atoms with Crippen molar-refractivity contribution in [3.63, 3.8) is 0 Å². The SMILES string of the molecule is CCN1CCC[C@H]1CNC(=O)c1cc([76Br])cc(OC)c1OC. The summed E-state index contributed by atoms with van der Waals surface area (Å²) in [6, 6.07) is 3.96. The van der Waals surface area contributed by atoms with Crippen LogP contribution in [0.3, 0.4) is 0 Å². The zero-order valence-electron chi connectivity index (χ0n) is 13.3. The van der Waals surface area contributed by atoms with Crippen molar-refractivity contribution in [3.05, 3.63) is 22.2 Å². The Morgan fingerprint density at radius 1 is 1.41 bits per heavy atom. The molecule has 1 aromatic rings. The van der Waals surface area contributed by atoms with Gasteiger partial charge in [-0.1, -0.05) is 22.9 Å². The van der Waals surface area contributed by atoms with E-state index in [0.717, 1.165) is 24.0 Å². The van der Waals surface area contributed by atoms with Crippen LogP contribution in [0.1, 0.15) is 30.1 Å². The van der Waals surface area contributed by atoms with Crippen molar-refractivity contribution < 1.29 is 14.3 Å². The number of methoxy groups -OCH3 is 2. The van der Waals surface area contributed by atoms with E-state index in [9.17, 15) is 4.79 Å². The number of carbonyl (C=O) groups excluding carboxylic acids is 1. The molecule has 1 aliphatic heterocycles. The molecule has 0 saturated carbocycles. The minimum absolute atomic E-state index is 0.139. The molecule has 6 heteroatoms. The van der Waals surface area contributed by atoms with E-state index in [0.29, 0.717) is 29.6 Å². The fraction of sp³-hybridized carbons (Fsp3) is 0.562. The number of hydrogen-bond acceptors (Lipinski definition) is 4. The predicted octanol–water partition coefficient (Wildman–Crippen LogP) is 2.68. The predicted molar refractivity (Wildman–Crippen MR) is 89.8 cm³/mol. The molecule has 1 atom stereocenters. The molecule has 1 aromatic carbocycles. The Labute approximate surface area is 140 Å². The van der Waals surface area contributed by atoms with E-state index in [-0.39, 0.29) is 5.91 Å². The van der Waals surface area contributed by atoms with Crippen molar-refractivity contribution in [1.82, 2.24) is 10.2 Å². The van der Waals surface area contributed by atoms with Crippen molar-refractivity contribution in [1.29, 1.82) is 0 Å².